The van der Waals surface area contributed by atoms with Crippen molar-refractivity contribution in [2.45, 2.75) is 37.2 Å². The second-order valence-electron chi connectivity index (χ2n) is 9.78. The lowest BCUT2D eigenvalue weighted by Crippen LogP contribution is -2.62. The molecule has 0 bridgehead atoms. The number of anilines is 1. The molecule has 0 radical (unpaired) electrons. The Labute approximate surface area is 229 Å². The number of rotatable bonds is 6. The number of aryl methyl sites for hydroxylation is 1. The summed E-state index contributed by atoms with van der Waals surface area (Å²) in [7, 11) is 0. The molecule has 4 aliphatic rings. The number of ether oxygens (including phenoxy) is 1. The lowest BCUT2D eigenvalue weighted by atomic mass is 9.86. The second-order valence-corrected chi connectivity index (χ2v) is 10.9. The molecule has 3 unspecified atom stereocenters. The number of nitrogens with zero attached hydrogens (tertiary/aromatic N) is 5. The summed E-state index contributed by atoms with van der Waals surface area (Å²) in [5.41, 5.74) is 1.98. The lowest BCUT2D eigenvalue weighted by Gasteiger charge is -2.46. The fraction of sp³-hybridized carbons (Fsp3) is 0.385. The molecule has 202 valence electrons. The average Bonchev–Trinajstić information content (AvgIpc) is 3.55. The van der Waals surface area contributed by atoms with Gasteiger partial charge in [0.15, 0.2) is 0 Å². The van der Waals surface area contributed by atoms with Gasteiger partial charge in [-0.2, -0.15) is 5.10 Å². The minimum Gasteiger partial charge on any atom is -0.419 e. The van der Waals surface area contributed by atoms with Gasteiger partial charge < -0.3 is 25.6 Å². The van der Waals surface area contributed by atoms with Crippen LogP contribution in [0.15, 0.2) is 53.7 Å². The summed E-state index contributed by atoms with van der Waals surface area (Å²) >= 11 is 1.45. The normalized spacial score (nSPS) is 25.7. The first-order chi connectivity index (χ1) is 18.9. The molecule has 39 heavy (non-hydrogen) atoms. The Balaban J connectivity index is 1.22. The van der Waals surface area contributed by atoms with Crippen molar-refractivity contribution >= 4 is 35.3 Å². The molecule has 0 aromatic carbocycles. The van der Waals surface area contributed by atoms with Crippen LogP contribution in [0, 0.1) is 12.8 Å². The minimum absolute atomic E-state index is 0.0439. The van der Waals surface area contributed by atoms with Crippen molar-refractivity contribution in [3.63, 3.8) is 0 Å². The van der Waals surface area contributed by atoms with Crippen molar-refractivity contribution in [2.75, 3.05) is 24.5 Å². The van der Waals surface area contributed by atoms with E-state index in [-0.39, 0.29) is 41.2 Å². The molecule has 2 aromatic heterocycles. The second kappa shape index (κ2) is 10.3. The SMILES string of the molecule is C=CC(=O)N1CC[C@@H](NC(=O)C2=C3NC(=O)N(c4ccc(Oc5cccnn5)nc4C)C4CCNC(S2)C34)C1. The molecule has 4 amide bonds. The highest BCUT2D eigenvalue weighted by Gasteiger charge is 2.52. The highest BCUT2D eigenvalue weighted by atomic mass is 32.2. The van der Waals surface area contributed by atoms with Crippen molar-refractivity contribution < 1.29 is 19.1 Å². The molecule has 3 N–H and O–H groups in total. The number of aromatic nitrogens is 3. The van der Waals surface area contributed by atoms with Crippen molar-refractivity contribution in [3.8, 4) is 11.8 Å². The van der Waals surface area contributed by atoms with E-state index in [1.807, 2.05) is 13.0 Å². The molecule has 0 aliphatic carbocycles. The molecule has 6 rings (SSSR count). The molecule has 0 saturated carbocycles. The third-order valence-corrected chi connectivity index (χ3v) is 8.76. The zero-order valence-corrected chi connectivity index (χ0v) is 22.1. The van der Waals surface area contributed by atoms with Crippen LogP contribution in [0.25, 0.3) is 0 Å². The molecule has 4 aliphatic heterocycles. The summed E-state index contributed by atoms with van der Waals surface area (Å²) in [6.07, 6.45) is 4.25. The zero-order chi connectivity index (χ0) is 27.1. The van der Waals surface area contributed by atoms with Crippen LogP contribution in [0.2, 0.25) is 0 Å². The van der Waals surface area contributed by atoms with Gasteiger partial charge in [-0.1, -0.05) is 18.3 Å². The average molecular weight is 549 g/mol. The Hall–Kier alpha value is -3.97. The van der Waals surface area contributed by atoms with Gasteiger partial charge in [-0.15, -0.1) is 5.10 Å². The number of thioether (sulfide) groups is 1. The van der Waals surface area contributed by atoms with Gasteiger partial charge in [-0.3, -0.25) is 14.5 Å². The quantitative estimate of drug-likeness (QED) is 0.460. The van der Waals surface area contributed by atoms with E-state index in [0.717, 1.165) is 6.42 Å². The van der Waals surface area contributed by atoms with Crippen molar-refractivity contribution in [1.29, 1.82) is 0 Å². The van der Waals surface area contributed by atoms with Gasteiger partial charge in [0, 0.05) is 49.1 Å². The number of hydrogen-bond acceptors (Lipinski definition) is 9. The monoisotopic (exact) mass is 548 g/mol. The summed E-state index contributed by atoms with van der Waals surface area (Å²) < 4.78 is 5.70. The van der Waals surface area contributed by atoms with Gasteiger partial charge in [0.25, 0.3) is 5.91 Å². The van der Waals surface area contributed by atoms with Gasteiger partial charge >= 0.3 is 6.03 Å². The lowest BCUT2D eigenvalue weighted by molar-refractivity contribution is -0.125. The third-order valence-electron chi connectivity index (χ3n) is 7.41. The van der Waals surface area contributed by atoms with Gasteiger partial charge in [-0.05, 0) is 44.5 Å². The van der Waals surface area contributed by atoms with Crippen LogP contribution in [-0.4, -0.2) is 75.0 Å². The van der Waals surface area contributed by atoms with E-state index < -0.39 is 0 Å². The fourth-order valence-corrected chi connectivity index (χ4v) is 7.05. The zero-order valence-electron chi connectivity index (χ0n) is 21.3. The molecule has 3 saturated heterocycles. The maximum absolute atomic E-state index is 13.5. The largest absolute Gasteiger partial charge is 0.419 e. The van der Waals surface area contributed by atoms with E-state index >= 15 is 0 Å². The van der Waals surface area contributed by atoms with Crippen LogP contribution < -0.4 is 25.6 Å². The number of amides is 4. The van der Waals surface area contributed by atoms with Crippen LogP contribution in [0.3, 0.4) is 0 Å². The van der Waals surface area contributed by atoms with E-state index in [1.54, 1.807) is 34.2 Å². The maximum Gasteiger partial charge on any atom is 0.326 e. The Morgan fingerprint density at radius 2 is 2.13 bits per heavy atom. The number of nitrogens with one attached hydrogen (secondary N) is 3. The molecule has 12 nitrogen and oxygen atoms in total. The van der Waals surface area contributed by atoms with Crippen LogP contribution in [0.4, 0.5) is 10.5 Å². The molecule has 4 atom stereocenters. The molecule has 0 spiro atoms. The summed E-state index contributed by atoms with van der Waals surface area (Å²) in [5, 5.41) is 17.3. The number of carbonyl (C=O) groups excluding carboxylic acids is 3. The molecular weight excluding hydrogens is 520 g/mol. The van der Waals surface area contributed by atoms with Gasteiger partial charge in [-0.25, -0.2) is 9.78 Å². The van der Waals surface area contributed by atoms with E-state index in [2.05, 4.69) is 37.7 Å². The topological polar surface area (TPSA) is 142 Å². The number of piperidine rings is 1. The summed E-state index contributed by atoms with van der Waals surface area (Å²) in [6.45, 7) is 7.10. The Morgan fingerprint density at radius 3 is 2.90 bits per heavy atom. The number of urea groups is 1. The number of hydrogen-bond donors (Lipinski definition) is 3. The predicted molar refractivity (Wildman–Crippen MR) is 144 cm³/mol. The van der Waals surface area contributed by atoms with E-state index in [9.17, 15) is 14.4 Å². The Morgan fingerprint density at radius 1 is 1.26 bits per heavy atom. The first-order valence-electron chi connectivity index (χ1n) is 12.8. The molecule has 3 fully saturated rings. The summed E-state index contributed by atoms with van der Waals surface area (Å²) in [6, 6.07) is 6.36. The Bertz CT molecular complexity index is 1370. The number of pyridine rings is 1. The number of likely N-dealkylation sites (tertiary alicyclic amines) is 1. The van der Waals surface area contributed by atoms with Crippen molar-refractivity contribution in [3.05, 3.63) is 59.4 Å². The fourth-order valence-electron chi connectivity index (χ4n) is 5.65. The van der Waals surface area contributed by atoms with Crippen molar-refractivity contribution in [2.24, 2.45) is 5.92 Å². The summed E-state index contributed by atoms with van der Waals surface area (Å²) in [5.74, 6) is 0.239. The highest BCUT2D eigenvalue weighted by Crippen LogP contribution is 2.48. The van der Waals surface area contributed by atoms with Crippen molar-refractivity contribution in [1.82, 2.24) is 36.0 Å². The third kappa shape index (κ3) is 4.72. The first-order valence-corrected chi connectivity index (χ1v) is 13.7. The van der Waals surface area contributed by atoms with Crippen LogP contribution in [0.1, 0.15) is 18.5 Å². The van der Waals surface area contributed by atoms with E-state index in [4.69, 9.17) is 4.74 Å². The van der Waals surface area contributed by atoms with E-state index in [1.165, 1.54) is 17.8 Å². The van der Waals surface area contributed by atoms with Crippen LogP contribution in [-0.2, 0) is 9.59 Å². The van der Waals surface area contributed by atoms with Gasteiger partial charge in [0.05, 0.1) is 27.7 Å². The van der Waals surface area contributed by atoms with Crippen LogP contribution in [0.5, 0.6) is 11.8 Å². The number of carbonyl (C=O) groups is 3. The molecule has 2 aromatic rings. The standard InChI is InChI=1S/C26H28N8O4S/c1-3-20(35)33-12-9-15(13-33)30-24(36)23-22-21-17(8-11-27-25(21)39-23)34(26(37)31-22)16-6-7-18(29-14(16)2)38-19-5-4-10-28-32-19/h3-7,10,15,17,21,25,27H,1,8-9,11-13H2,2H3,(H,30,36)(H,31,37)/t15-,17?,21?,25?/m1/s1. The smallest absolute Gasteiger partial charge is 0.326 e. The van der Waals surface area contributed by atoms with Gasteiger partial charge in [0.2, 0.25) is 17.7 Å². The minimum atomic E-state index is -0.296. The van der Waals surface area contributed by atoms with E-state index in [0.29, 0.717) is 59.8 Å². The summed E-state index contributed by atoms with van der Waals surface area (Å²) in [4.78, 5) is 47.3. The van der Waals surface area contributed by atoms with Gasteiger partial charge in [0.1, 0.15) is 0 Å². The molecular formula is C26H28N8O4S. The first kappa shape index (κ1) is 25.3. The van der Waals surface area contributed by atoms with Crippen LogP contribution >= 0.6 is 11.8 Å². The molecule has 6 heterocycles. The predicted octanol–water partition coefficient (Wildman–Crippen LogP) is 1.67. The highest BCUT2D eigenvalue weighted by molar-refractivity contribution is 8.04. The molecule has 13 heteroatoms. The maximum atomic E-state index is 13.5. The Kier molecular flexibility index (Phi) is 6.69.